The Balaban J connectivity index is 2.30. The zero-order chi connectivity index (χ0) is 25.6. The molecule has 0 aliphatic heterocycles. The van der Waals surface area contributed by atoms with Crippen molar-refractivity contribution in [3.8, 4) is 6.07 Å². The second-order valence-electron chi connectivity index (χ2n) is 7.11. The van der Waals surface area contributed by atoms with Gasteiger partial charge in [-0.25, -0.2) is 19.0 Å². The predicted octanol–water partition coefficient (Wildman–Crippen LogP) is 3.59. The number of nitriles is 1. The number of nitrogens with zero attached hydrogens (tertiary/aromatic N) is 2. The molecule has 2 aromatic rings. The molecule has 0 aliphatic carbocycles. The minimum absolute atomic E-state index is 0.00231. The lowest BCUT2D eigenvalue weighted by molar-refractivity contribution is 0.157. The first-order chi connectivity index (χ1) is 17.0. The summed E-state index contributed by atoms with van der Waals surface area (Å²) in [6.45, 7) is 11.1. The van der Waals surface area contributed by atoms with E-state index in [-0.39, 0.29) is 38.3 Å². The number of alkyl carbamates (subject to hydrolysis) is 2. The maximum absolute atomic E-state index is 12.8. The van der Waals surface area contributed by atoms with E-state index >= 15 is 0 Å². The van der Waals surface area contributed by atoms with Gasteiger partial charge in [-0.1, -0.05) is 44.0 Å². The lowest BCUT2D eigenvalue weighted by Crippen LogP contribution is -2.28. The van der Waals surface area contributed by atoms with Gasteiger partial charge in [0.1, 0.15) is 25.9 Å². The highest BCUT2D eigenvalue weighted by Crippen LogP contribution is 2.28. The van der Waals surface area contributed by atoms with E-state index in [4.69, 9.17) is 14.2 Å². The van der Waals surface area contributed by atoms with Gasteiger partial charge in [0.2, 0.25) is 0 Å². The van der Waals surface area contributed by atoms with Gasteiger partial charge in [0.05, 0.1) is 11.1 Å². The van der Waals surface area contributed by atoms with Crippen LogP contribution >= 0.6 is 0 Å². The van der Waals surface area contributed by atoms with Crippen LogP contribution in [-0.2, 0) is 27.1 Å². The summed E-state index contributed by atoms with van der Waals surface area (Å²) in [6.07, 6.45) is 3.15. The normalized spacial score (nSPS) is 10.0. The quantitative estimate of drug-likeness (QED) is 0.350. The Hall–Kier alpha value is -4.52. The molecule has 2 N–H and O–H groups in total. The summed E-state index contributed by atoms with van der Waals surface area (Å²) in [7, 11) is 0. The Morgan fingerprint density at radius 3 is 2.06 bits per heavy atom. The fourth-order valence-corrected chi connectivity index (χ4v) is 3.27. The third kappa shape index (κ3) is 7.50. The minimum atomic E-state index is -0.667. The topological polar surface area (TPSA) is 132 Å². The maximum atomic E-state index is 12.8. The molecule has 184 valence electrons. The fraction of sp³-hybridized carbons (Fsp3) is 0.280. The molecule has 35 heavy (non-hydrogen) atoms. The Bertz CT molecular complexity index is 1150. The zero-order valence-corrected chi connectivity index (χ0v) is 19.4. The number of aromatic nitrogens is 1. The number of benzene rings is 1. The van der Waals surface area contributed by atoms with Gasteiger partial charge in [-0.15, -0.1) is 0 Å². The number of hydrogen-bond acceptors (Lipinski definition) is 7. The average molecular weight is 481 g/mol. The Morgan fingerprint density at radius 1 is 0.914 bits per heavy atom. The number of carbonyl (C=O) groups is 3. The third-order valence-corrected chi connectivity index (χ3v) is 4.73. The first-order valence-electron chi connectivity index (χ1n) is 10.8. The van der Waals surface area contributed by atoms with Crippen LogP contribution in [0.25, 0.3) is 10.9 Å². The van der Waals surface area contributed by atoms with E-state index in [1.54, 1.807) is 18.2 Å². The largest absolute Gasteiger partial charge is 0.445 e. The van der Waals surface area contributed by atoms with Crippen molar-refractivity contribution in [2.24, 2.45) is 0 Å². The first kappa shape index (κ1) is 26.7. The second kappa shape index (κ2) is 13.9. The van der Waals surface area contributed by atoms with Gasteiger partial charge in [-0.2, -0.15) is 5.26 Å². The molecule has 0 radical (unpaired) electrons. The number of carbonyl (C=O) groups excluding carboxylic acids is 3. The number of fused-ring (bicyclic) bond motifs is 1. The molecule has 10 heteroatoms. The van der Waals surface area contributed by atoms with Crippen molar-refractivity contribution in [2.75, 3.05) is 32.9 Å². The van der Waals surface area contributed by atoms with Gasteiger partial charge in [0, 0.05) is 30.6 Å². The number of amides is 2. The molecule has 1 heterocycles. The first-order valence-corrected chi connectivity index (χ1v) is 10.8. The molecule has 0 atom stereocenters. The molecule has 2 amide bonds. The van der Waals surface area contributed by atoms with Gasteiger partial charge < -0.3 is 24.8 Å². The van der Waals surface area contributed by atoms with Gasteiger partial charge in [0.25, 0.3) is 0 Å². The standard InChI is InChI=1S/C25H28N4O6/c1-4-13-33-23(30)27-11-9-18-7-8-21-19(16-18)20(17-26)22(29(21)25(32)35-15-6-3)10-12-28-24(31)34-14-5-2/h4-8,16H,1-3,9-15H2,(H,27,30)(H,28,31). The van der Waals surface area contributed by atoms with Gasteiger partial charge in [0.15, 0.2) is 0 Å². The molecule has 0 fully saturated rings. The molecular formula is C25H28N4O6. The molecule has 0 saturated heterocycles. The van der Waals surface area contributed by atoms with Crippen LogP contribution in [0, 0.1) is 11.3 Å². The van der Waals surface area contributed by atoms with E-state index in [1.165, 1.54) is 22.8 Å². The third-order valence-electron chi connectivity index (χ3n) is 4.73. The Kier molecular flexibility index (Phi) is 10.6. The molecular weight excluding hydrogens is 452 g/mol. The average Bonchev–Trinajstić information content (AvgIpc) is 3.17. The molecule has 0 unspecified atom stereocenters. The van der Waals surface area contributed by atoms with Crippen molar-refractivity contribution < 1.29 is 28.6 Å². The van der Waals surface area contributed by atoms with Crippen LogP contribution in [0.1, 0.15) is 16.8 Å². The molecule has 0 aliphatic rings. The van der Waals surface area contributed by atoms with Crippen molar-refractivity contribution >= 4 is 29.2 Å². The van der Waals surface area contributed by atoms with Crippen LogP contribution in [0.2, 0.25) is 0 Å². The fourth-order valence-electron chi connectivity index (χ4n) is 3.27. The van der Waals surface area contributed by atoms with Gasteiger partial charge >= 0.3 is 18.3 Å². The van der Waals surface area contributed by atoms with Crippen molar-refractivity contribution in [3.63, 3.8) is 0 Å². The van der Waals surface area contributed by atoms with Crippen LogP contribution in [-0.4, -0.2) is 55.8 Å². The molecule has 1 aromatic carbocycles. The van der Waals surface area contributed by atoms with Crippen LogP contribution in [0.4, 0.5) is 14.4 Å². The number of ether oxygens (including phenoxy) is 3. The monoisotopic (exact) mass is 480 g/mol. The van der Waals surface area contributed by atoms with Crippen molar-refractivity contribution in [3.05, 3.63) is 73.0 Å². The molecule has 0 bridgehead atoms. The lowest BCUT2D eigenvalue weighted by atomic mass is 10.1. The lowest BCUT2D eigenvalue weighted by Gasteiger charge is -2.10. The van der Waals surface area contributed by atoms with Crippen LogP contribution in [0.3, 0.4) is 0 Å². The summed E-state index contributed by atoms with van der Waals surface area (Å²) >= 11 is 0. The Labute approximate surface area is 203 Å². The van der Waals surface area contributed by atoms with Gasteiger partial charge in [-0.3, -0.25) is 0 Å². The minimum Gasteiger partial charge on any atom is -0.445 e. The van der Waals surface area contributed by atoms with Crippen molar-refractivity contribution in [1.82, 2.24) is 15.2 Å². The van der Waals surface area contributed by atoms with E-state index in [9.17, 15) is 19.6 Å². The number of hydrogen-bond donors (Lipinski definition) is 2. The highest BCUT2D eigenvalue weighted by atomic mass is 16.6. The van der Waals surface area contributed by atoms with E-state index in [0.717, 1.165) is 5.56 Å². The van der Waals surface area contributed by atoms with Crippen LogP contribution in [0.15, 0.2) is 56.2 Å². The molecule has 2 rings (SSSR count). The number of rotatable bonds is 12. The zero-order valence-electron chi connectivity index (χ0n) is 19.4. The van der Waals surface area contributed by atoms with Crippen LogP contribution in [0.5, 0.6) is 0 Å². The Morgan fingerprint density at radius 2 is 1.49 bits per heavy atom. The summed E-state index contributed by atoms with van der Waals surface area (Å²) in [5, 5.41) is 15.7. The number of nitrogens with one attached hydrogen (secondary N) is 2. The van der Waals surface area contributed by atoms with Crippen molar-refractivity contribution in [1.29, 1.82) is 5.26 Å². The van der Waals surface area contributed by atoms with Crippen molar-refractivity contribution in [2.45, 2.75) is 12.8 Å². The summed E-state index contributed by atoms with van der Waals surface area (Å²) in [6, 6.07) is 7.46. The SMILES string of the molecule is C=CCOC(=O)NCCc1ccc2c(c1)c(C#N)c(CCNC(=O)OCC=C)n2C(=O)OCC=C. The summed E-state index contributed by atoms with van der Waals surface area (Å²) in [4.78, 5) is 36.1. The highest BCUT2D eigenvalue weighted by molar-refractivity contribution is 5.95. The predicted molar refractivity (Wildman–Crippen MR) is 130 cm³/mol. The highest BCUT2D eigenvalue weighted by Gasteiger charge is 2.22. The van der Waals surface area contributed by atoms with Crippen LogP contribution < -0.4 is 10.6 Å². The molecule has 0 saturated carbocycles. The molecule has 0 spiro atoms. The summed E-state index contributed by atoms with van der Waals surface area (Å²) in [5.74, 6) is 0. The summed E-state index contributed by atoms with van der Waals surface area (Å²) in [5.41, 5.74) is 2.01. The molecule has 1 aromatic heterocycles. The molecule has 10 nitrogen and oxygen atoms in total. The van der Waals surface area contributed by atoms with E-state index < -0.39 is 18.3 Å². The van der Waals surface area contributed by atoms with E-state index in [0.29, 0.717) is 29.6 Å². The van der Waals surface area contributed by atoms with E-state index in [1.807, 2.05) is 0 Å². The second-order valence-corrected chi connectivity index (χ2v) is 7.11. The smallest absolute Gasteiger partial charge is 0.419 e. The van der Waals surface area contributed by atoms with E-state index in [2.05, 4.69) is 36.4 Å². The maximum Gasteiger partial charge on any atom is 0.419 e. The summed E-state index contributed by atoms with van der Waals surface area (Å²) < 4.78 is 16.3. The van der Waals surface area contributed by atoms with Gasteiger partial charge in [-0.05, 0) is 24.1 Å².